The van der Waals surface area contributed by atoms with Gasteiger partial charge in [0.2, 0.25) is 0 Å². The highest BCUT2D eigenvalue weighted by molar-refractivity contribution is 5.83. The second-order valence-electron chi connectivity index (χ2n) is 5.35. The summed E-state index contributed by atoms with van der Waals surface area (Å²) >= 11 is 0. The maximum Gasteiger partial charge on any atom is 0.332 e. The molecule has 0 spiro atoms. The van der Waals surface area contributed by atoms with Crippen molar-refractivity contribution >= 4 is 11.9 Å². The molecule has 22 heavy (non-hydrogen) atoms. The Balaban J connectivity index is 1.74. The highest BCUT2D eigenvalue weighted by atomic mass is 19.1. The molecule has 0 aliphatic carbocycles. The Labute approximate surface area is 126 Å². The molecule has 118 valence electrons. The normalized spacial score (nSPS) is 24.3. The Morgan fingerprint density at radius 1 is 1.27 bits per heavy atom. The monoisotopic (exact) mass is 309 g/mol. The van der Waals surface area contributed by atoms with Crippen LogP contribution in [0, 0.1) is 5.82 Å². The van der Waals surface area contributed by atoms with E-state index in [4.69, 9.17) is 14.6 Å². The standard InChI is InChI=1S/C15H16FNO5/c16-10-2-1-3-11-9(10)8-17(6-7-21-11)14(18)12-4-5-13(22-12)15(19)20/h1-3,12-13H,4-8H2,(H,19,20)/t12-,13+/m0/s1. The van der Waals surface area contributed by atoms with E-state index in [9.17, 15) is 14.0 Å². The van der Waals surface area contributed by atoms with Gasteiger partial charge in [-0.15, -0.1) is 0 Å². The van der Waals surface area contributed by atoms with E-state index < -0.39 is 24.0 Å². The van der Waals surface area contributed by atoms with E-state index in [0.29, 0.717) is 30.7 Å². The number of hydrogen-bond donors (Lipinski definition) is 1. The van der Waals surface area contributed by atoms with Crippen LogP contribution < -0.4 is 4.74 Å². The molecule has 1 amide bonds. The molecule has 0 bridgehead atoms. The molecule has 0 radical (unpaired) electrons. The van der Waals surface area contributed by atoms with Crippen LogP contribution >= 0.6 is 0 Å². The summed E-state index contributed by atoms with van der Waals surface area (Å²) in [6.45, 7) is 0.667. The number of carboxylic acid groups (broad SMARTS) is 1. The van der Waals surface area contributed by atoms with Crippen molar-refractivity contribution in [3.63, 3.8) is 0 Å². The molecular weight excluding hydrogens is 293 g/mol. The maximum atomic E-state index is 13.9. The van der Waals surface area contributed by atoms with Crippen LogP contribution in [0.2, 0.25) is 0 Å². The van der Waals surface area contributed by atoms with Gasteiger partial charge in [0, 0.05) is 5.56 Å². The van der Waals surface area contributed by atoms with Crippen LogP contribution in [0.1, 0.15) is 18.4 Å². The van der Waals surface area contributed by atoms with Crippen molar-refractivity contribution in [2.45, 2.75) is 31.6 Å². The molecule has 1 N–H and O–H groups in total. The molecule has 1 saturated heterocycles. The van der Waals surface area contributed by atoms with Crippen molar-refractivity contribution < 1.29 is 28.6 Å². The zero-order valence-electron chi connectivity index (χ0n) is 11.8. The van der Waals surface area contributed by atoms with Crippen LogP contribution in [-0.2, 0) is 20.9 Å². The smallest absolute Gasteiger partial charge is 0.332 e. The van der Waals surface area contributed by atoms with Gasteiger partial charge in [0.1, 0.15) is 24.3 Å². The van der Waals surface area contributed by atoms with E-state index in [1.165, 1.54) is 11.0 Å². The van der Waals surface area contributed by atoms with Gasteiger partial charge in [0.25, 0.3) is 5.91 Å². The van der Waals surface area contributed by atoms with E-state index in [2.05, 4.69) is 0 Å². The van der Waals surface area contributed by atoms with Gasteiger partial charge >= 0.3 is 5.97 Å². The summed E-state index contributed by atoms with van der Waals surface area (Å²) in [5.41, 5.74) is 0.334. The molecular formula is C15H16FNO5. The number of hydrogen-bond acceptors (Lipinski definition) is 4. The lowest BCUT2D eigenvalue weighted by atomic mass is 10.1. The minimum atomic E-state index is -1.06. The lowest BCUT2D eigenvalue weighted by molar-refractivity contribution is -0.155. The molecule has 0 unspecified atom stereocenters. The Morgan fingerprint density at radius 3 is 2.77 bits per heavy atom. The molecule has 3 rings (SSSR count). The number of nitrogens with zero attached hydrogens (tertiary/aromatic N) is 1. The fourth-order valence-electron chi connectivity index (χ4n) is 2.76. The van der Waals surface area contributed by atoms with Crippen LogP contribution in [0.4, 0.5) is 4.39 Å². The number of halogens is 1. The van der Waals surface area contributed by atoms with Crippen molar-refractivity contribution in [2.24, 2.45) is 0 Å². The Morgan fingerprint density at radius 2 is 2.05 bits per heavy atom. The first kappa shape index (κ1) is 14.8. The first-order chi connectivity index (χ1) is 10.6. The molecule has 6 nitrogen and oxygen atoms in total. The molecule has 1 aromatic rings. The van der Waals surface area contributed by atoms with Crippen molar-refractivity contribution in [3.8, 4) is 5.75 Å². The van der Waals surface area contributed by atoms with Gasteiger partial charge in [0.15, 0.2) is 6.10 Å². The number of aliphatic carboxylic acids is 1. The van der Waals surface area contributed by atoms with E-state index in [1.807, 2.05) is 0 Å². The molecule has 0 aromatic heterocycles. The highest BCUT2D eigenvalue weighted by Crippen LogP contribution is 2.28. The van der Waals surface area contributed by atoms with Crippen molar-refractivity contribution in [3.05, 3.63) is 29.6 Å². The fraction of sp³-hybridized carbons (Fsp3) is 0.467. The average molecular weight is 309 g/mol. The minimum absolute atomic E-state index is 0.0957. The Hall–Kier alpha value is -2.15. The minimum Gasteiger partial charge on any atom is -0.491 e. The van der Waals surface area contributed by atoms with Crippen molar-refractivity contribution in [1.82, 2.24) is 4.90 Å². The van der Waals surface area contributed by atoms with Gasteiger partial charge in [-0.05, 0) is 25.0 Å². The molecule has 0 saturated carbocycles. The summed E-state index contributed by atoms with van der Waals surface area (Å²) in [6, 6.07) is 4.55. The zero-order valence-corrected chi connectivity index (χ0v) is 11.8. The number of carboxylic acids is 1. The van der Waals surface area contributed by atoms with E-state index in [1.54, 1.807) is 12.1 Å². The summed E-state index contributed by atoms with van der Waals surface area (Å²) in [7, 11) is 0. The summed E-state index contributed by atoms with van der Waals surface area (Å²) in [5.74, 6) is -1.37. The fourth-order valence-corrected chi connectivity index (χ4v) is 2.76. The van der Waals surface area contributed by atoms with E-state index >= 15 is 0 Å². The predicted molar refractivity (Wildman–Crippen MR) is 72.8 cm³/mol. The first-order valence-corrected chi connectivity index (χ1v) is 7.13. The second-order valence-corrected chi connectivity index (χ2v) is 5.35. The Bertz CT molecular complexity index is 606. The second kappa shape index (κ2) is 5.92. The van der Waals surface area contributed by atoms with Gasteiger partial charge in [-0.1, -0.05) is 6.07 Å². The topological polar surface area (TPSA) is 76.1 Å². The number of amides is 1. The summed E-state index contributed by atoms with van der Waals surface area (Å²) in [6.07, 6.45) is -1.06. The third-order valence-electron chi connectivity index (χ3n) is 3.93. The van der Waals surface area contributed by atoms with Crippen molar-refractivity contribution in [2.75, 3.05) is 13.2 Å². The van der Waals surface area contributed by atoms with Crippen LogP contribution in [0.15, 0.2) is 18.2 Å². The third kappa shape index (κ3) is 2.76. The van der Waals surface area contributed by atoms with Crippen molar-refractivity contribution in [1.29, 1.82) is 0 Å². The SMILES string of the molecule is O=C(O)[C@H]1CC[C@@H](C(=O)N2CCOc3cccc(F)c3C2)O1. The lowest BCUT2D eigenvalue weighted by Gasteiger charge is -2.23. The van der Waals surface area contributed by atoms with Crippen LogP contribution in [0.5, 0.6) is 5.75 Å². The van der Waals surface area contributed by atoms with Crippen LogP contribution in [-0.4, -0.2) is 47.2 Å². The molecule has 7 heteroatoms. The van der Waals surface area contributed by atoms with E-state index in [-0.39, 0.29) is 19.1 Å². The molecule has 2 aliphatic rings. The van der Waals surface area contributed by atoms with Crippen LogP contribution in [0.3, 0.4) is 0 Å². The summed E-state index contributed by atoms with van der Waals surface area (Å²) in [4.78, 5) is 24.8. The predicted octanol–water partition coefficient (Wildman–Crippen LogP) is 1.18. The van der Waals surface area contributed by atoms with Gasteiger partial charge in [-0.3, -0.25) is 4.79 Å². The average Bonchev–Trinajstić information content (AvgIpc) is 2.88. The number of carbonyl (C=O) groups excluding carboxylic acids is 1. The van der Waals surface area contributed by atoms with Gasteiger partial charge in [-0.25, -0.2) is 9.18 Å². The molecule has 2 heterocycles. The molecule has 2 aliphatic heterocycles. The van der Waals surface area contributed by atoms with Crippen LogP contribution in [0.25, 0.3) is 0 Å². The van der Waals surface area contributed by atoms with Gasteiger partial charge < -0.3 is 19.5 Å². The first-order valence-electron chi connectivity index (χ1n) is 7.13. The van der Waals surface area contributed by atoms with Gasteiger partial charge in [-0.2, -0.15) is 0 Å². The maximum absolute atomic E-state index is 13.9. The number of rotatable bonds is 2. The summed E-state index contributed by atoms with van der Waals surface area (Å²) in [5, 5.41) is 8.92. The number of ether oxygens (including phenoxy) is 2. The molecule has 2 atom stereocenters. The number of carbonyl (C=O) groups is 2. The molecule has 1 aromatic carbocycles. The Kier molecular flexibility index (Phi) is 3.98. The molecule has 1 fully saturated rings. The third-order valence-corrected chi connectivity index (χ3v) is 3.93. The summed E-state index contributed by atoms with van der Waals surface area (Å²) < 4.78 is 24.6. The zero-order chi connectivity index (χ0) is 15.7. The number of benzene rings is 1. The highest BCUT2D eigenvalue weighted by Gasteiger charge is 2.37. The van der Waals surface area contributed by atoms with E-state index in [0.717, 1.165) is 0 Å². The van der Waals surface area contributed by atoms with Gasteiger partial charge in [0.05, 0.1) is 13.1 Å². The largest absolute Gasteiger partial charge is 0.491 e. The number of fused-ring (bicyclic) bond motifs is 1. The lowest BCUT2D eigenvalue weighted by Crippen LogP contribution is -2.40. The quantitative estimate of drug-likeness (QED) is 0.888.